The van der Waals surface area contributed by atoms with E-state index in [4.69, 9.17) is 9.26 Å². The normalized spacial score (nSPS) is 17.8. The van der Waals surface area contributed by atoms with Crippen LogP contribution in [0.4, 0.5) is 0 Å². The van der Waals surface area contributed by atoms with Gasteiger partial charge in [0.1, 0.15) is 0 Å². The van der Waals surface area contributed by atoms with Crippen LogP contribution in [0.2, 0.25) is 0 Å². The Morgan fingerprint density at radius 1 is 1.35 bits per heavy atom. The van der Waals surface area contributed by atoms with Gasteiger partial charge in [0.2, 0.25) is 5.89 Å². The van der Waals surface area contributed by atoms with Gasteiger partial charge in [-0.25, -0.2) is 0 Å². The van der Waals surface area contributed by atoms with Crippen LogP contribution in [0.3, 0.4) is 0 Å². The predicted molar refractivity (Wildman–Crippen MR) is 63.6 cm³/mol. The molecule has 1 aromatic heterocycles. The summed E-state index contributed by atoms with van der Waals surface area (Å²) in [5.41, 5.74) is 0. The average Bonchev–Trinajstić information content (AvgIpc) is 2.78. The topological polar surface area (TPSA) is 60.2 Å². The quantitative estimate of drug-likeness (QED) is 0.847. The van der Waals surface area contributed by atoms with Crippen LogP contribution in [0.15, 0.2) is 4.52 Å². The highest BCUT2D eigenvalue weighted by atomic mass is 16.5. The molecule has 1 aliphatic heterocycles. The van der Waals surface area contributed by atoms with Crippen LogP contribution in [0.5, 0.6) is 0 Å². The van der Waals surface area contributed by atoms with Crippen LogP contribution >= 0.6 is 0 Å². The molecule has 0 unspecified atom stereocenters. The number of nitrogens with zero attached hydrogens (tertiary/aromatic N) is 2. The van der Waals surface area contributed by atoms with Crippen molar-refractivity contribution in [2.75, 3.05) is 19.8 Å². The zero-order chi connectivity index (χ0) is 12.1. The van der Waals surface area contributed by atoms with Crippen molar-refractivity contribution in [2.24, 2.45) is 5.92 Å². The van der Waals surface area contributed by atoms with Crippen molar-refractivity contribution in [3.8, 4) is 0 Å². The van der Waals surface area contributed by atoms with E-state index in [1.165, 1.54) is 0 Å². The number of aromatic nitrogens is 2. The summed E-state index contributed by atoms with van der Waals surface area (Å²) in [7, 11) is 0. The summed E-state index contributed by atoms with van der Waals surface area (Å²) in [6.07, 6.45) is 2.00. The van der Waals surface area contributed by atoms with E-state index in [0.717, 1.165) is 38.4 Å². The molecule has 1 N–H and O–H groups in total. The molecule has 5 nitrogen and oxygen atoms in total. The number of hydrogen-bond donors (Lipinski definition) is 1. The van der Waals surface area contributed by atoms with E-state index in [-0.39, 0.29) is 0 Å². The number of nitrogens with one attached hydrogen (secondary N) is 1. The SMILES string of the molecule is CC(C)CNCc1nc(C2CCOCC2)no1. The van der Waals surface area contributed by atoms with Gasteiger partial charge in [-0.15, -0.1) is 0 Å². The van der Waals surface area contributed by atoms with Crippen LogP contribution in [0.25, 0.3) is 0 Å². The summed E-state index contributed by atoms with van der Waals surface area (Å²) in [5, 5.41) is 7.35. The van der Waals surface area contributed by atoms with E-state index in [1.807, 2.05) is 0 Å². The van der Waals surface area contributed by atoms with E-state index in [9.17, 15) is 0 Å². The van der Waals surface area contributed by atoms with Gasteiger partial charge in [-0.1, -0.05) is 19.0 Å². The number of rotatable bonds is 5. The molecule has 1 aromatic rings. The summed E-state index contributed by atoms with van der Waals surface area (Å²) in [6.45, 7) is 7.59. The Balaban J connectivity index is 1.82. The minimum atomic E-state index is 0.409. The smallest absolute Gasteiger partial charge is 0.240 e. The molecule has 17 heavy (non-hydrogen) atoms. The molecule has 5 heteroatoms. The van der Waals surface area contributed by atoms with Crippen molar-refractivity contribution in [3.05, 3.63) is 11.7 Å². The Bertz CT molecular complexity index is 332. The molecule has 0 aliphatic carbocycles. The summed E-state index contributed by atoms with van der Waals surface area (Å²) in [6, 6.07) is 0. The third-order valence-electron chi connectivity index (χ3n) is 2.90. The van der Waals surface area contributed by atoms with Gasteiger partial charge in [0.15, 0.2) is 5.82 Å². The largest absolute Gasteiger partial charge is 0.381 e. The van der Waals surface area contributed by atoms with Crippen LogP contribution in [0.1, 0.15) is 44.3 Å². The second-order valence-electron chi connectivity index (χ2n) is 4.96. The predicted octanol–water partition coefficient (Wildman–Crippen LogP) is 1.71. The first-order valence-electron chi connectivity index (χ1n) is 6.36. The molecule has 1 saturated heterocycles. The molecule has 0 aromatic carbocycles. The molecule has 0 spiro atoms. The van der Waals surface area contributed by atoms with Gasteiger partial charge < -0.3 is 14.6 Å². The Kier molecular flexibility index (Phi) is 4.50. The molecule has 0 saturated carbocycles. The van der Waals surface area contributed by atoms with E-state index in [2.05, 4.69) is 29.3 Å². The van der Waals surface area contributed by atoms with Crippen molar-refractivity contribution in [2.45, 2.75) is 39.2 Å². The number of ether oxygens (including phenoxy) is 1. The van der Waals surface area contributed by atoms with Crippen LogP contribution in [-0.4, -0.2) is 29.9 Å². The van der Waals surface area contributed by atoms with Crippen molar-refractivity contribution >= 4 is 0 Å². The van der Waals surface area contributed by atoms with E-state index in [0.29, 0.717) is 24.3 Å². The molecule has 0 atom stereocenters. The lowest BCUT2D eigenvalue weighted by Crippen LogP contribution is -2.19. The minimum absolute atomic E-state index is 0.409. The lowest BCUT2D eigenvalue weighted by atomic mass is 10.00. The molecule has 2 rings (SSSR count). The van der Waals surface area contributed by atoms with Crippen molar-refractivity contribution in [3.63, 3.8) is 0 Å². The Hall–Kier alpha value is -0.940. The first kappa shape index (κ1) is 12.5. The highest BCUT2D eigenvalue weighted by Crippen LogP contribution is 2.24. The van der Waals surface area contributed by atoms with Crippen LogP contribution in [-0.2, 0) is 11.3 Å². The Morgan fingerprint density at radius 2 is 2.12 bits per heavy atom. The molecule has 1 aliphatic rings. The highest BCUT2D eigenvalue weighted by molar-refractivity contribution is 4.96. The zero-order valence-corrected chi connectivity index (χ0v) is 10.6. The molecular weight excluding hydrogens is 218 g/mol. The van der Waals surface area contributed by atoms with Gasteiger partial charge in [-0.05, 0) is 25.3 Å². The highest BCUT2D eigenvalue weighted by Gasteiger charge is 2.21. The average molecular weight is 239 g/mol. The Morgan fingerprint density at radius 3 is 2.82 bits per heavy atom. The molecular formula is C12H21N3O2. The van der Waals surface area contributed by atoms with Crippen molar-refractivity contribution < 1.29 is 9.26 Å². The fourth-order valence-corrected chi connectivity index (χ4v) is 1.93. The molecule has 1 fully saturated rings. The number of hydrogen-bond acceptors (Lipinski definition) is 5. The molecule has 0 radical (unpaired) electrons. The van der Waals surface area contributed by atoms with Crippen molar-refractivity contribution in [1.82, 2.24) is 15.5 Å². The maximum Gasteiger partial charge on any atom is 0.240 e. The Labute approximate surface area is 102 Å². The summed E-state index contributed by atoms with van der Waals surface area (Å²) in [5.74, 6) is 2.57. The monoisotopic (exact) mass is 239 g/mol. The van der Waals surface area contributed by atoms with Gasteiger partial charge in [-0.3, -0.25) is 0 Å². The third-order valence-corrected chi connectivity index (χ3v) is 2.90. The maximum atomic E-state index is 5.32. The first-order valence-corrected chi connectivity index (χ1v) is 6.36. The van der Waals surface area contributed by atoms with Gasteiger partial charge in [-0.2, -0.15) is 4.98 Å². The fraction of sp³-hybridized carbons (Fsp3) is 0.833. The summed E-state index contributed by atoms with van der Waals surface area (Å²) >= 11 is 0. The summed E-state index contributed by atoms with van der Waals surface area (Å²) in [4.78, 5) is 4.43. The van der Waals surface area contributed by atoms with E-state index < -0.39 is 0 Å². The van der Waals surface area contributed by atoms with Crippen molar-refractivity contribution in [1.29, 1.82) is 0 Å². The fourth-order valence-electron chi connectivity index (χ4n) is 1.93. The van der Waals surface area contributed by atoms with Gasteiger partial charge >= 0.3 is 0 Å². The third kappa shape index (κ3) is 3.78. The molecule has 2 heterocycles. The van der Waals surface area contributed by atoms with Gasteiger partial charge in [0, 0.05) is 19.1 Å². The lowest BCUT2D eigenvalue weighted by Gasteiger charge is -2.18. The minimum Gasteiger partial charge on any atom is -0.381 e. The van der Waals surface area contributed by atoms with Gasteiger partial charge in [0.25, 0.3) is 0 Å². The van der Waals surface area contributed by atoms with Crippen LogP contribution in [0, 0.1) is 5.92 Å². The zero-order valence-electron chi connectivity index (χ0n) is 10.6. The van der Waals surface area contributed by atoms with Gasteiger partial charge in [0.05, 0.1) is 6.54 Å². The van der Waals surface area contributed by atoms with E-state index >= 15 is 0 Å². The standard InChI is InChI=1S/C12H21N3O2/c1-9(2)7-13-8-11-14-12(15-17-11)10-3-5-16-6-4-10/h9-10,13H,3-8H2,1-2H3. The van der Waals surface area contributed by atoms with Crippen LogP contribution < -0.4 is 5.32 Å². The lowest BCUT2D eigenvalue weighted by molar-refractivity contribution is 0.0830. The first-order chi connectivity index (χ1) is 8.25. The van der Waals surface area contributed by atoms with E-state index in [1.54, 1.807) is 0 Å². The molecule has 0 amide bonds. The maximum absolute atomic E-state index is 5.32. The second kappa shape index (κ2) is 6.12. The molecule has 0 bridgehead atoms. The summed E-state index contributed by atoms with van der Waals surface area (Å²) < 4.78 is 10.6. The molecule has 96 valence electrons. The second-order valence-corrected chi connectivity index (χ2v) is 4.96.